The van der Waals surface area contributed by atoms with Crippen LogP contribution in [-0.2, 0) is 10.0 Å². The summed E-state index contributed by atoms with van der Waals surface area (Å²) < 4.78 is 49.4. The van der Waals surface area contributed by atoms with Crippen molar-refractivity contribution in [2.24, 2.45) is 5.14 Å². The molecule has 0 unspecified atom stereocenters. The molecule has 0 heterocycles. The van der Waals surface area contributed by atoms with Crippen molar-refractivity contribution in [1.82, 2.24) is 0 Å². The van der Waals surface area contributed by atoms with E-state index in [0.717, 1.165) is 30.3 Å². The second kappa shape index (κ2) is 6.40. The van der Waals surface area contributed by atoms with Gasteiger partial charge in [0.05, 0.1) is 21.3 Å². The number of sulfonamides is 1. The van der Waals surface area contributed by atoms with E-state index >= 15 is 0 Å². The van der Waals surface area contributed by atoms with Crippen LogP contribution in [0.5, 0.6) is 0 Å². The highest BCUT2D eigenvalue weighted by atomic mass is 35.5. The summed E-state index contributed by atoms with van der Waals surface area (Å²) in [7, 11) is -4.20. The van der Waals surface area contributed by atoms with Crippen molar-refractivity contribution >= 4 is 44.8 Å². The molecule has 0 fully saturated rings. The third kappa shape index (κ3) is 3.97. The second-order valence-electron chi connectivity index (χ2n) is 4.39. The van der Waals surface area contributed by atoms with E-state index in [4.69, 9.17) is 28.3 Å². The molecule has 0 bridgehead atoms. The van der Waals surface area contributed by atoms with Crippen LogP contribution in [0.15, 0.2) is 35.2 Å². The Bertz CT molecular complexity index is 904. The maximum atomic E-state index is 13.5. The highest BCUT2D eigenvalue weighted by molar-refractivity contribution is 7.89. The molecule has 23 heavy (non-hydrogen) atoms. The molecule has 3 N–H and O–H groups in total. The normalized spacial score (nSPS) is 11.3. The van der Waals surface area contributed by atoms with Crippen LogP contribution in [0.4, 0.5) is 14.5 Å². The lowest BCUT2D eigenvalue weighted by Gasteiger charge is -2.10. The summed E-state index contributed by atoms with van der Waals surface area (Å²) >= 11 is 11.5. The van der Waals surface area contributed by atoms with Crippen molar-refractivity contribution in [1.29, 1.82) is 0 Å². The van der Waals surface area contributed by atoms with E-state index < -0.39 is 38.1 Å². The molecule has 0 saturated heterocycles. The molecule has 0 radical (unpaired) electrons. The maximum absolute atomic E-state index is 13.5. The first-order valence-corrected chi connectivity index (χ1v) is 8.18. The molecule has 10 heteroatoms. The molecule has 0 aromatic heterocycles. The number of hydrogen-bond acceptors (Lipinski definition) is 3. The fourth-order valence-corrected chi connectivity index (χ4v) is 3.11. The van der Waals surface area contributed by atoms with Crippen molar-refractivity contribution in [3.63, 3.8) is 0 Å². The number of nitrogens with two attached hydrogens (primary N) is 1. The third-order valence-corrected chi connectivity index (χ3v) is 4.44. The van der Waals surface area contributed by atoms with Crippen molar-refractivity contribution in [3.8, 4) is 0 Å². The fourth-order valence-electron chi connectivity index (χ4n) is 1.70. The van der Waals surface area contributed by atoms with E-state index in [9.17, 15) is 22.0 Å². The SMILES string of the molecule is NS(=O)(=O)c1cc(C(=O)Nc2cc(F)ccc2F)c(Cl)cc1Cl. The van der Waals surface area contributed by atoms with Crippen LogP contribution in [0.1, 0.15) is 10.4 Å². The van der Waals surface area contributed by atoms with E-state index in [1.807, 2.05) is 0 Å². The number of carbonyl (C=O) groups excluding carboxylic acids is 1. The highest BCUT2D eigenvalue weighted by Crippen LogP contribution is 2.29. The van der Waals surface area contributed by atoms with Gasteiger partial charge in [0.1, 0.15) is 16.5 Å². The Labute approximate surface area is 140 Å². The van der Waals surface area contributed by atoms with Crippen molar-refractivity contribution in [2.45, 2.75) is 4.90 Å². The van der Waals surface area contributed by atoms with Crippen LogP contribution in [0, 0.1) is 11.6 Å². The Hall–Kier alpha value is -1.74. The summed E-state index contributed by atoms with van der Waals surface area (Å²) in [5.74, 6) is -2.60. The fraction of sp³-hybridized carbons (Fsp3) is 0. The topological polar surface area (TPSA) is 89.3 Å². The first kappa shape index (κ1) is 17.6. The van der Waals surface area contributed by atoms with Gasteiger partial charge in [-0.25, -0.2) is 22.3 Å². The van der Waals surface area contributed by atoms with Crippen molar-refractivity contribution < 1.29 is 22.0 Å². The lowest BCUT2D eigenvalue weighted by Crippen LogP contribution is -2.17. The second-order valence-corrected chi connectivity index (χ2v) is 6.73. The van der Waals surface area contributed by atoms with Gasteiger partial charge in [0.15, 0.2) is 0 Å². The van der Waals surface area contributed by atoms with Gasteiger partial charge in [-0.05, 0) is 24.3 Å². The first-order chi connectivity index (χ1) is 10.6. The van der Waals surface area contributed by atoms with Gasteiger partial charge >= 0.3 is 0 Å². The van der Waals surface area contributed by atoms with Gasteiger partial charge in [-0.3, -0.25) is 4.79 Å². The van der Waals surface area contributed by atoms with Gasteiger partial charge in [0.2, 0.25) is 10.0 Å². The van der Waals surface area contributed by atoms with E-state index in [1.54, 1.807) is 0 Å². The minimum atomic E-state index is -4.20. The highest BCUT2D eigenvalue weighted by Gasteiger charge is 2.20. The minimum absolute atomic E-state index is 0.184. The molecule has 2 aromatic carbocycles. The van der Waals surface area contributed by atoms with Crippen LogP contribution < -0.4 is 10.5 Å². The number of amides is 1. The number of halogens is 4. The lowest BCUT2D eigenvalue weighted by atomic mass is 10.2. The number of hydrogen-bond donors (Lipinski definition) is 2. The molecule has 5 nitrogen and oxygen atoms in total. The molecule has 0 spiro atoms. The Kier molecular flexibility index (Phi) is 4.90. The lowest BCUT2D eigenvalue weighted by molar-refractivity contribution is 0.102. The molecule has 0 aliphatic heterocycles. The predicted octanol–water partition coefficient (Wildman–Crippen LogP) is 3.17. The van der Waals surface area contributed by atoms with Crippen molar-refractivity contribution in [2.75, 3.05) is 5.32 Å². The molecule has 0 aliphatic rings. The number of anilines is 1. The largest absolute Gasteiger partial charge is 0.319 e. The van der Waals surface area contributed by atoms with E-state index in [0.29, 0.717) is 0 Å². The average Bonchev–Trinajstić information content (AvgIpc) is 2.41. The zero-order valence-electron chi connectivity index (χ0n) is 11.1. The van der Waals surface area contributed by atoms with Crippen LogP contribution >= 0.6 is 23.2 Å². The Morgan fingerprint density at radius 3 is 2.35 bits per heavy atom. The molecule has 0 saturated carbocycles. The van der Waals surface area contributed by atoms with Crippen molar-refractivity contribution in [3.05, 3.63) is 57.6 Å². The Balaban J connectivity index is 2.45. The van der Waals surface area contributed by atoms with Gasteiger partial charge in [0.25, 0.3) is 5.91 Å². The maximum Gasteiger partial charge on any atom is 0.257 e. The zero-order chi connectivity index (χ0) is 17.4. The monoisotopic (exact) mass is 380 g/mol. The van der Waals surface area contributed by atoms with Crippen LogP contribution in [0.25, 0.3) is 0 Å². The summed E-state index contributed by atoms with van der Waals surface area (Å²) in [6.45, 7) is 0. The van der Waals surface area contributed by atoms with E-state index in [2.05, 4.69) is 5.32 Å². The Morgan fingerprint density at radius 2 is 1.74 bits per heavy atom. The summed E-state index contributed by atoms with van der Waals surface area (Å²) in [4.78, 5) is 11.6. The molecule has 1 amide bonds. The molecular formula is C13H8Cl2F2N2O3S. The predicted molar refractivity (Wildman–Crippen MR) is 82.1 cm³/mol. The molecule has 0 atom stereocenters. The van der Waals surface area contributed by atoms with E-state index in [1.165, 1.54) is 0 Å². The number of carbonyl (C=O) groups is 1. The number of rotatable bonds is 3. The molecular weight excluding hydrogens is 373 g/mol. The van der Waals surface area contributed by atoms with Crippen LogP contribution in [-0.4, -0.2) is 14.3 Å². The summed E-state index contributed by atoms with van der Waals surface area (Å²) in [5, 5.41) is 6.61. The zero-order valence-corrected chi connectivity index (χ0v) is 13.4. The standard InChI is InChI=1S/C13H8Cl2F2N2O3S/c14-8-5-9(15)12(23(18,21)22)4-7(8)13(20)19-11-3-6(16)1-2-10(11)17/h1-5H,(H,19,20)(H2,18,21,22). The van der Waals surface area contributed by atoms with Crippen LogP contribution in [0.2, 0.25) is 10.0 Å². The van der Waals surface area contributed by atoms with Gasteiger partial charge < -0.3 is 5.32 Å². The number of benzene rings is 2. The third-order valence-electron chi connectivity index (χ3n) is 2.75. The quantitative estimate of drug-likeness (QED) is 0.856. The van der Waals surface area contributed by atoms with Gasteiger partial charge in [0, 0.05) is 6.07 Å². The molecule has 2 aromatic rings. The first-order valence-electron chi connectivity index (χ1n) is 5.88. The van der Waals surface area contributed by atoms with Gasteiger partial charge in [-0.15, -0.1) is 0 Å². The van der Waals surface area contributed by atoms with Gasteiger partial charge in [-0.1, -0.05) is 23.2 Å². The number of nitrogens with one attached hydrogen (secondary N) is 1. The average molecular weight is 381 g/mol. The molecule has 2 rings (SSSR count). The van der Waals surface area contributed by atoms with E-state index in [-0.39, 0.29) is 15.6 Å². The summed E-state index contributed by atoms with van der Waals surface area (Å²) in [6, 6.07) is 4.33. The van der Waals surface area contributed by atoms with Gasteiger partial charge in [-0.2, -0.15) is 0 Å². The number of primary sulfonamides is 1. The smallest absolute Gasteiger partial charge is 0.257 e. The molecule has 122 valence electrons. The van der Waals surface area contributed by atoms with Crippen LogP contribution in [0.3, 0.4) is 0 Å². The molecule has 0 aliphatic carbocycles. The summed E-state index contributed by atoms with van der Waals surface area (Å²) in [6.07, 6.45) is 0. The summed E-state index contributed by atoms with van der Waals surface area (Å²) in [5.41, 5.74) is -0.748. The Morgan fingerprint density at radius 1 is 1.09 bits per heavy atom. The minimum Gasteiger partial charge on any atom is -0.319 e.